The van der Waals surface area contributed by atoms with Gasteiger partial charge in [0.25, 0.3) is 0 Å². The topological polar surface area (TPSA) is 25.8 Å². The average Bonchev–Trinajstić information content (AvgIpc) is 1.64. The number of aromatic nitrogens is 2. The molecule has 0 aliphatic heterocycles. The Morgan fingerprint density at radius 3 is 2.75 bits per heavy atom. The minimum atomic E-state index is -0.523. The Kier molecular flexibility index (Phi) is 1.20. The first-order chi connectivity index (χ1) is 3.79. The van der Waals surface area contributed by atoms with Gasteiger partial charge in [0.05, 0.1) is 6.20 Å². The summed E-state index contributed by atoms with van der Waals surface area (Å²) in [6.45, 7) is 1.76. The number of rotatable bonds is 0. The summed E-state index contributed by atoms with van der Waals surface area (Å²) < 4.78 is 12.0. The van der Waals surface area contributed by atoms with E-state index in [2.05, 4.69) is 10.2 Å². The molecule has 0 radical (unpaired) electrons. The Hall–Kier alpha value is -0.990. The van der Waals surface area contributed by atoms with Crippen LogP contribution < -0.4 is 0 Å². The monoisotopic (exact) mass is 112 g/mol. The second kappa shape index (κ2) is 1.86. The van der Waals surface area contributed by atoms with E-state index in [1.54, 1.807) is 6.92 Å². The van der Waals surface area contributed by atoms with E-state index in [4.69, 9.17) is 0 Å². The van der Waals surface area contributed by atoms with Gasteiger partial charge in [-0.2, -0.15) is 9.49 Å². The quantitative estimate of drug-likeness (QED) is 0.498. The van der Waals surface area contributed by atoms with E-state index in [0.717, 1.165) is 5.56 Å². The van der Waals surface area contributed by atoms with Crippen LogP contribution in [0.25, 0.3) is 0 Å². The van der Waals surface area contributed by atoms with Crippen LogP contribution in [-0.2, 0) is 0 Å². The zero-order chi connectivity index (χ0) is 5.98. The van der Waals surface area contributed by atoms with Crippen LogP contribution in [0.3, 0.4) is 0 Å². The fourth-order valence-electron chi connectivity index (χ4n) is 0.429. The van der Waals surface area contributed by atoms with Crippen molar-refractivity contribution in [2.75, 3.05) is 0 Å². The van der Waals surface area contributed by atoms with Gasteiger partial charge >= 0.3 is 0 Å². The SMILES string of the molecule is Cc1cnnc(F)c1. The van der Waals surface area contributed by atoms with Crippen LogP contribution in [0, 0.1) is 12.9 Å². The molecule has 0 aromatic carbocycles. The smallest absolute Gasteiger partial charge is 0.183 e. The zero-order valence-electron chi connectivity index (χ0n) is 4.43. The van der Waals surface area contributed by atoms with Crippen molar-refractivity contribution in [1.29, 1.82) is 0 Å². The molecule has 0 saturated heterocycles. The van der Waals surface area contributed by atoms with E-state index < -0.39 is 5.95 Å². The van der Waals surface area contributed by atoms with Crippen LogP contribution >= 0.6 is 0 Å². The summed E-state index contributed by atoms with van der Waals surface area (Å²) in [6, 6.07) is 1.33. The van der Waals surface area contributed by atoms with Gasteiger partial charge in [0.1, 0.15) is 0 Å². The lowest BCUT2D eigenvalue weighted by Crippen LogP contribution is -1.85. The van der Waals surface area contributed by atoms with Crippen LogP contribution in [0.4, 0.5) is 4.39 Å². The van der Waals surface area contributed by atoms with Crippen LogP contribution in [-0.4, -0.2) is 10.2 Å². The van der Waals surface area contributed by atoms with E-state index in [0.29, 0.717) is 0 Å². The largest absolute Gasteiger partial charge is 0.233 e. The van der Waals surface area contributed by atoms with Crippen LogP contribution in [0.5, 0.6) is 0 Å². The summed E-state index contributed by atoms with van der Waals surface area (Å²) in [4.78, 5) is 0. The molecule has 0 atom stereocenters. The van der Waals surface area contributed by atoms with E-state index in [-0.39, 0.29) is 0 Å². The second-order valence-electron chi connectivity index (χ2n) is 1.56. The predicted octanol–water partition coefficient (Wildman–Crippen LogP) is 0.924. The van der Waals surface area contributed by atoms with Gasteiger partial charge in [-0.3, -0.25) is 0 Å². The van der Waals surface area contributed by atoms with Crippen LogP contribution in [0.2, 0.25) is 0 Å². The molecule has 0 spiro atoms. The lowest BCUT2D eigenvalue weighted by Gasteiger charge is -1.85. The summed E-state index contributed by atoms with van der Waals surface area (Å²) in [5.41, 5.74) is 0.789. The summed E-state index contributed by atoms with van der Waals surface area (Å²) in [6.07, 6.45) is 1.50. The normalized spacial score (nSPS) is 9.25. The third kappa shape index (κ3) is 0.992. The van der Waals surface area contributed by atoms with Crippen LogP contribution in [0.15, 0.2) is 12.3 Å². The van der Waals surface area contributed by atoms with Gasteiger partial charge in [-0.15, -0.1) is 5.10 Å². The molecule has 0 unspecified atom stereocenters. The molecule has 2 nitrogen and oxygen atoms in total. The first kappa shape index (κ1) is 5.15. The minimum Gasteiger partial charge on any atom is -0.183 e. The van der Waals surface area contributed by atoms with Gasteiger partial charge in [0.15, 0.2) is 0 Å². The summed E-state index contributed by atoms with van der Waals surface area (Å²) in [5, 5.41) is 6.48. The van der Waals surface area contributed by atoms with E-state index in [9.17, 15) is 4.39 Å². The van der Waals surface area contributed by atoms with Crippen molar-refractivity contribution in [2.24, 2.45) is 0 Å². The highest BCUT2D eigenvalue weighted by atomic mass is 19.1. The Balaban J connectivity index is 3.08. The highest BCUT2D eigenvalue weighted by molar-refractivity contribution is 5.02. The molecule has 1 aromatic heterocycles. The van der Waals surface area contributed by atoms with Gasteiger partial charge in [-0.1, -0.05) is 0 Å². The molecular formula is C5H5FN2. The fraction of sp³-hybridized carbons (Fsp3) is 0.200. The average molecular weight is 112 g/mol. The van der Waals surface area contributed by atoms with Gasteiger partial charge < -0.3 is 0 Å². The van der Waals surface area contributed by atoms with Crippen LogP contribution in [0.1, 0.15) is 5.56 Å². The van der Waals surface area contributed by atoms with Crippen molar-refractivity contribution in [3.8, 4) is 0 Å². The fourth-order valence-corrected chi connectivity index (χ4v) is 0.429. The van der Waals surface area contributed by atoms with Crippen molar-refractivity contribution >= 4 is 0 Å². The molecule has 8 heavy (non-hydrogen) atoms. The molecule has 1 rings (SSSR count). The third-order valence-electron chi connectivity index (χ3n) is 0.761. The zero-order valence-corrected chi connectivity index (χ0v) is 4.43. The molecule has 0 aliphatic carbocycles. The Morgan fingerprint density at radius 1 is 1.62 bits per heavy atom. The van der Waals surface area contributed by atoms with Crippen molar-refractivity contribution in [2.45, 2.75) is 6.92 Å². The lowest BCUT2D eigenvalue weighted by molar-refractivity contribution is 0.561. The Morgan fingerprint density at radius 2 is 2.38 bits per heavy atom. The molecule has 3 heteroatoms. The van der Waals surface area contributed by atoms with Crippen molar-refractivity contribution in [3.05, 3.63) is 23.8 Å². The lowest BCUT2D eigenvalue weighted by atomic mass is 10.4. The molecule has 0 amide bonds. The Labute approximate surface area is 46.4 Å². The van der Waals surface area contributed by atoms with Crippen molar-refractivity contribution in [1.82, 2.24) is 10.2 Å². The van der Waals surface area contributed by atoms with E-state index in [1.165, 1.54) is 12.3 Å². The summed E-state index contributed by atoms with van der Waals surface area (Å²) in [7, 11) is 0. The molecule has 1 heterocycles. The molecule has 1 aromatic rings. The van der Waals surface area contributed by atoms with E-state index >= 15 is 0 Å². The first-order valence-corrected chi connectivity index (χ1v) is 2.24. The molecule has 0 fully saturated rings. The van der Waals surface area contributed by atoms with Gasteiger partial charge in [-0.05, 0) is 18.6 Å². The number of halogens is 1. The summed E-state index contributed by atoms with van der Waals surface area (Å²) in [5.74, 6) is -0.523. The predicted molar refractivity (Wildman–Crippen MR) is 26.7 cm³/mol. The third-order valence-corrected chi connectivity index (χ3v) is 0.761. The summed E-state index contributed by atoms with van der Waals surface area (Å²) >= 11 is 0. The first-order valence-electron chi connectivity index (χ1n) is 2.24. The second-order valence-corrected chi connectivity index (χ2v) is 1.56. The molecule has 0 saturated carbocycles. The highest BCUT2D eigenvalue weighted by Crippen LogP contribution is 1.92. The van der Waals surface area contributed by atoms with E-state index in [1.807, 2.05) is 0 Å². The Bertz CT molecular complexity index is 170. The highest BCUT2D eigenvalue weighted by Gasteiger charge is 1.87. The standard InChI is InChI=1S/C5H5FN2/c1-4-2-5(6)8-7-3-4/h2-3H,1H3. The van der Waals surface area contributed by atoms with Crippen molar-refractivity contribution < 1.29 is 4.39 Å². The van der Waals surface area contributed by atoms with Gasteiger partial charge in [0.2, 0.25) is 5.95 Å². The van der Waals surface area contributed by atoms with Crippen molar-refractivity contribution in [3.63, 3.8) is 0 Å². The van der Waals surface area contributed by atoms with Gasteiger partial charge in [-0.25, -0.2) is 0 Å². The maximum absolute atomic E-state index is 12.0. The number of nitrogens with zero attached hydrogens (tertiary/aromatic N) is 2. The number of hydrogen-bond donors (Lipinski definition) is 0. The number of aryl methyl sites for hydroxylation is 1. The molecular weight excluding hydrogens is 107 g/mol. The van der Waals surface area contributed by atoms with Gasteiger partial charge in [0, 0.05) is 0 Å². The molecule has 0 aliphatic rings. The molecule has 0 bridgehead atoms. The molecule has 42 valence electrons. The minimum absolute atomic E-state index is 0.523. The maximum Gasteiger partial charge on any atom is 0.233 e. The molecule has 0 N–H and O–H groups in total. The maximum atomic E-state index is 12.0. The number of hydrogen-bond acceptors (Lipinski definition) is 2.